The first-order valence-electron chi connectivity index (χ1n) is 12.9. The van der Waals surface area contributed by atoms with Gasteiger partial charge in [0.25, 0.3) is 0 Å². The number of hydrogen-bond acceptors (Lipinski definition) is 5. The predicted molar refractivity (Wildman–Crippen MR) is 115 cm³/mol. The fraction of sp³-hybridized carbons (Fsp3) is 0.960. The molecule has 6 rings (SSSR count). The molecule has 0 aromatic heterocycles. The summed E-state index contributed by atoms with van der Waals surface area (Å²) < 4.78 is 12.1. The van der Waals surface area contributed by atoms with Crippen molar-refractivity contribution in [3.63, 3.8) is 0 Å². The van der Waals surface area contributed by atoms with Crippen LogP contribution >= 0.6 is 0 Å². The monoisotopic (exact) mass is 416 g/mol. The third-order valence-electron chi connectivity index (χ3n) is 10.0. The normalized spacial score (nSPS) is 47.7. The van der Waals surface area contributed by atoms with Gasteiger partial charge in [0.1, 0.15) is 6.10 Å². The lowest BCUT2D eigenvalue weighted by atomic mass is 9.53. The van der Waals surface area contributed by atoms with Crippen LogP contribution in [0.2, 0.25) is 0 Å². The maximum absolute atomic E-state index is 12.9. The minimum atomic E-state index is 0.0820. The van der Waals surface area contributed by atoms with E-state index in [1.807, 2.05) is 0 Å². The predicted octanol–water partition coefficient (Wildman–Crippen LogP) is 3.46. The first-order valence-corrected chi connectivity index (χ1v) is 12.9. The van der Waals surface area contributed by atoms with Gasteiger partial charge in [0, 0.05) is 44.7 Å². The number of hydrogen-bond donors (Lipinski definition) is 0. The summed E-state index contributed by atoms with van der Waals surface area (Å²) in [5, 5.41) is 0. The molecule has 0 aromatic rings. The Morgan fingerprint density at radius 1 is 1.03 bits per heavy atom. The molecule has 6 aliphatic rings. The molecule has 0 aromatic carbocycles. The third kappa shape index (κ3) is 3.34. The molecular formula is C25H40N2O3. The van der Waals surface area contributed by atoms with E-state index in [1.54, 1.807) is 0 Å². The van der Waals surface area contributed by atoms with Gasteiger partial charge in [-0.3, -0.25) is 14.6 Å². The second kappa shape index (κ2) is 7.45. The lowest BCUT2D eigenvalue weighted by Gasteiger charge is -2.51. The summed E-state index contributed by atoms with van der Waals surface area (Å²) in [6.45, 7) is 8.90. The maximum Gasteiger partial charge on any atom is 0.310 e. The second-order valence-electron chi connectivity index (χ2n) is 11.7. The quantitative estimate of drug-likeness (QED) is 0.521. The van der Waals surface area contributed by atoms with Crippen molar-refractivity contribution in [1.29, 1.82) is 0 Å². The van der Waals surface area contributed by atoms with Crippen LogP contribution in [0.1, 0.15) is 71.1 Å². The molecule has 3 saturated heterocycles. The zero-order chi connectivity index (χ0) is 20.3. The van der Waals surface area contributed by atoms with E-state index in [4.69, 9.17) is 9.47 Å². The Kier molecular flexibility index (Phi) is 4.97. The molecule has 6 atom stereocenters. The zero-order valence-electron chi connectivity index (χ0n) is 18.8. The molecule has 3 aliphatic carbocycles. The number of rotatable bonds is 3. The summed E-state index contributed by atoms with van der Waals surface area (Å²) in [6.07, 6.45) is 13.2. The molecule has 5 nitrogen and oxygen atoms in total. The summed E-state index contributed by atoms with van der Waals surface area (Å²) >= 11 is 0. The molecule has 6 unspecified atom stereocenters. The highest BCUT2D eigenvalue weighted by molar-refractivity contribution is 5.75. The van der Waals surface area contributed by atoms with E-state index < -0.39 is 0 Å². The minimum Gasteiger partial charge on any atom is -0.462 e. The van der Waals surface area contributed by atoms with Crippen LogP contribution in [0.3, 0.4) is 0 Å². The number of ether oxygens (including phenoxy) is 2. The molecule has 0 radical (unpaired) electrons. The van der Waals surface area contributed by atoms with E-state index >= 15 is 0 Å². The van der Waals surface area contributed by atoms with Crippen molar-refractivity contribution in [2.24, 2.45) is 23.2 Å². The van der Waals surface area contributed by atoms with Crippen molar-refractivity contribution in [1.82, 2.24) is 9.80 Å². The summed E-state index contributed by atoms with van der Waals surface area (Å²) in [4.78, 5) is 18.2. The highest BCUT2D eigenvalue weighted by Crippen LogP contribution is 2.62. The Balaban J connectivity index is 1.10. The first kappa shape index (κ1) is 20.0. The lowest BCUT2D eigenvalue weighted by Crippen LogP contribution is -2.53. The molecule has 3 heterocycles. The third-order valence-corrected chi connectivity index (χ3v) is 10.0. The van der Waals surface area contributed by atoms with Gasteiger partial charge in [0.15, 0.2) is 0 Å². The summed E-state index contributed by atoms with van der Waals surface area (Å²) in [6, 6.07) is 0.818. The Morgan fingerprint density at radius 3 is 2.53 bits per heavy atom. The van der Waals surface area contributed by atoms with E-state index in [2.05, 4.69) is 16.7 Å². The van der Waals surface area contributed by atoms with Gasteiger partial charge in [-0.1, -0.05) is 26.2 Å². The summed E-state index contributed by atoms with van der Waals surface area (Å²) in [7, 11) is 0. The average Bonchev–Trinajstić information content (AvgIpc) is 3.46. The van der Waals surface area contributed by atoms with E-state index in [-0.39, 0.29) is 23.6 Å². The van der Waals surface area contributed by atoms with Crippen molar-refractivity contribution >= 4 is 5.97 Å². The minimum absolute atomic E-state index is 0.0820. The fourth-order valence-electron chi connectivity index (χ4n) is 8.20. The summed E-state index contributed by atoms with van der Waals surface area (Å²) in [5.74, 6) is 1.21. The highest BCUT2D eigenvalue weighted by Gasteiger charge is 2.65. The van der Waals surface area contributed by atoms with Gasteiger partial charge in [-0.15, -0.1) is 0 Å². The van der Waals surface area contributed by atoms with Crippen molar-refractivity contribution in [2.45, 2.75) is 88.9 Å². The van der Waals surface area contributed by atoms with Crippen molar-refractivity contribution in [2.75, 3.05) is 39.3 Å². The van der Waals surface area contributed by atoms with Crippen molar-refractivity contribution in [3.05, 3.63) is 0 Å². The van der Waals surface area contributed by atoms with E-state index in [0.717, 1.165) is 45.1 Å². The molecule has 0 amide bonds. The molecule has 30 heavy (non-hydrogen) atoms. The number of fused-ring (bicyclic) bond motifs is 3. The molecule has 1 spiro atoms. The number of epoxide rings is 1. The summed E-state index contributed by atoms with van der Waals surface area (Å²) in [5.41, 5.74) is 0.455. The van der Waals surface area contributed by atoms with Crippen LogP contribution in [0.15, 0.2) is 0 Å². The standard InChI is InChI=1S/C25H40N2O3/c1-24-8-5-9-25(17-29-25)22(24)14-19-20(23(28)30-21(19)15-24)16-26-10-12-27(13-11-26)18-6-3-2-4-7-18/h18-22H,2-17H2,1H3. The first-order chi connectivity index (χ1) is 14.6. The largest absolute Gasteiger partial charge is 0.462 e. The molecule has 5 heteroatoms. The van der Waals surface area contributed by atoms with E-state index in [0.29, 0.717) is 17.3 Å². The van der Waals surface area contributed by atoms with Gasteiger partial charge >= 0.3 is 5.97 Å². The van der Waals surface area contributed by atoms with Gasteiger partial charge in [-0.25, -0.2) is 0 Å². The van der Waals surface area contributed by atoms with Crippen molar-refractivity contribution in [3.8, 4) is 0 Å². The number of esters is 1. The molecular weight excluding hydrogens is 376 g/mol. The smallest absolute Gasteiger partial charge is 0.310 e. The van der Waals surface area contributed by atoms with Gasteiger partial charge in [0.05, 0.1) is 18.1 Å². The Morgan fingerprint density at radius 2 is 1.80 bits per heavy atom. The van der Waals surface area contributed by atoms with E-state index in [9.17, 15) is 4.79 Å². The molecule has 3 aliphatic heterocycles. The maximum atomic E-state index is 12.9. The van der Waals surface area contributed by atoms with Crippen LogP contribution in [0, 0.1) is 23.2 Å². The molecule has 0 bridgehead atoms. The highest BCUT2D eigenvalue weighted by atomic mass is 16.6. The SMILES string of the molecule is CC12CCCC3(CO3)C1CC1C(C2)OC(=O)C1CN1CCN(C2CCCCC2)CC1. The Labute approximate surface area is 181 Å². The van der Waals surface area contributed by atoms with Crippen LogP contribution in [0.4, 0.5) is 0 Å². The molecule has 0 N–H and O–H groups in total. The van der Waals surface area contributed by atoms with Crippen LogP contribution in [0.25, 0.3) is 0 Å². The second-order valence-corrected chi connectivity index (χ2v) is 11.7. The van der Waals surface area contributed by atoms with Crippen LogP contribution in [0.5, 0.6) is 0 Å². The van der Waals surface area contributed by atoms with Gasteiger partial charge < -0.3 is 9.47 Å². The van der Waals surface area contributed by atoms with Gasteiger partial charge in [0.2, 0.25) is 0 Å². The average molecular weight is 417 g/mol. The molecule has 3 saturated carbocycles. The lowest BCUT2D eigenvalue weighted by molar-refractivity contribution is -0.147. The van der Waals surface area contributed by atoms with Gasteiger partial charge in [-0.2, -0.15) is 0 Å². The number of nitrogens with zero attached hydrogens (tertiary/aromatic N) is 2. The van der Waals surface area contributed by atoms with Crippen LogP contribution < -0.4 is 0 Å². The Bertz CT molecular complexity index is 665. The fourth-order valence-corrected chi connectivity index (χ4v) is 8.20. The topological polar surface area (TPSA) is 45.3 Å². The van der Waals surface area contributed by atoms with Crippen molar-refractivity contribution < 1.29 is 14.3 Å². The number of piperazine rings is 1. The Hall–Kier alpha value is -0.650. The van der Waals surface area contributed by atoms with Crippen LogP contribution in [-0.2, 0) is 14.3 Å². The number of carbonyl (C=O) groups is 1. The number of carbonyl (C=O) groups excluding carboxylic acids is 1. The van der Waals surface area contributed by atoms with E-state index in [1.165, 1.54) is 64.5 Å². The van der Waals surface area contributed by atoms with Crippen LogP contribution in [-0.4, -0.2) is 72.8 Å². The zero-order valence-corrected chi connectivity index (χ0v) is 18.8. The molecule has 6 fully saturated rings. The molecule has 168 valence electrons. The van der Waals surface area contributed by atoms with Gasteiger partial charge in [-0.05, 0) is 56.3 Å².